The highest BCUT2D eigenvalue weighted by Gasteiger charge is 2.51. The lowest BCUT2D eigenvalue weighted by Gasteiger charge is -2.20. The molecule has 1 fully saturated rings. The van der Waals surface area contributed by atoms with Crippen LogP contribution in [0.3, 0.4) is 0 Å². The van der Waals surface area contributed by atoms with E-state index in [-0.39, 0.29) is 46.0 Å². The number of carbonyl (C=O) groups is 2. The van der Waals surface area contributed by atoms with Crippen LogP contribution in [0, 0.1) is 5.92 Å². The van der Waals surface area contributed by atoms with Gasteiger partial charge in [0.05, 0.1) is 26.2 Å². The summed E-state index contributed by atoms with van der Waals surface area (Å²) in [6.45, 7) is 4.19. The molecule has 41 heavy (non-hydrogen) atoms. The third-order valence-corrected chi connectivity index (χ3v) is 7.62. The van der Waals surface area contributed by atoms with Crippen molar-refractivity contribution in [1.82, 2.24) is 10.6 Å². The molecule has 0 aromatic heterocycles. The Kier molecular flexibility index (Phi) is 9.97. The summed E-state index contributed by atoms with van der Waals surface area (Å²) in [5, 5.41) is 4.07. The van der Waals surface area contributed by atoms with Crippen LogP contribution in [0.25, 0.3) is 5.83 Å². The summed E-state index contributed by atoms with van der Waals surface area (Å²) in [5.41, 5.74) is -5.34. The maximum atomic E-state index is 15.1. The first-order valence-corrected chi connectivity index (χ1v) is 13.4. The van der Waals surface area contributed by atoms with Crippen molar-refractivity contribution in [1.29, 1.82) is 0 Å². The topological polar surface area (TPSA) is 58.2 Å². The lowest BCUT2D eigenvalue weighted by Crippen LogP contribution is -2.49. The van der Waals surface area contributed by atoms with E-state index >= 15 is 4.39 Å². The SMILES string of the molecule is CC(C)CCNC(=O)C1(NC(=O)c2ccc(C(F)=CC(c3cc(Cl)c(Cl)c(Cl)c3)C(F)(F)F)cc2C(F)(F)F)CC1. The van der Waals surface area contributed by atoms with Gasteiger partial charge in [0.25, 0.3) is 5.91 Å². The van der Waals surface area contributed by atoms with Crippen molar-refractivity contribution in [3.05, 3.63) is 73.7 Å². The normalized spacial score (nSPS) is 16.0. The van der Waals surface area contributed by atoms with E-state index in [9.17, 15) is 35.9 Å². The number of nitrogens with one attached hydrogen (secondary N) is 2. The Bertz CT molecular complexity index is 1330. The molecule has 1 atom stereocenters. The molecule has 0 spiro atoms. The van der Waals surface area contributed by atoms with Gasteiger partial charge in [0.2, 0.25) is 5.91 Å². The summed E-state index contributed by atoms with van der Waals surface area (Å²) in [6, 6.07) is 3.26. The van der Waals surface area contributed by atoms with E-state index in [1.54, 1.807) is 0 Å². The van der Waals surface area contributed by atoms with Crippen molar-refractivity contribution in [2.45, 2.75) is 56.9 Å². The van der Waals surface area contributed by atoms with E-state index in [0.29, 0.717) is 19.0 Å². The molecule has 2 amide bonds. The average Bonchev–Trinajstić information content (AvgIpc) is 3.64. The van der Waals surface area contributed by atoms with Crippen LogP contribution in [0.4, 0.5) is 30.7 Å². The van der Waals surface area contributed by atoms with Gasteiger partial charge in [-0.3, -0.25) is 9.59 Å². The minimum Gasteiger partial charge on any atom is -0.354 e. The molecule has 2 N–H and O–H groups in total. The van der Waals surface area contributed by atoms with E-state index in [2.05, 4.69) is 10.6 Å². The molecule has 0 radical (unpaired) electrons. The molecule has 0 bridgehead atoms. The van der Waals surface area contributed by atoms with Crippen LogP contribution in [0.15, 0.2) is 36.4 Å². The third kappa shape index (κ3) is 8.08. The van der Waals surface area contributed by atoms with Crippen LogP contribution in [0.1, 0.15) is 66.1 Å². The minimum atomic E-state index is -5.18. The van der Waals surface area contributed by atoms with Gasteiger partial charge in [-0.2, -0.15) is 26.3 Å². The van der Waals surface area contributed by atoms with Crippen LogP contribution >= 0.6 is 34.8 Å². The Labute approximate surface area is 246 Å². The number of alkyl halides is 6. The molecule has 0 saturated heterocycles. The highest BCUT2D eigenvalue weighted by molar-refractivity contribution is 6.48. The van der Waals surface area contributed by atoms with Gasteiger partial charge >= 0.3 is 12.4 Å². The van der Waals surface area contributed by atoms with Gasteiger partial charge in [-0.25, -0.2) is 4.39 Å². The second kappa shape index (κ2) is 12.4. The smallest absolute Gasteiger partial charge is 0.354 e. The van der Waals surface area contributed by atoms with E-state index < -0.39 is 63.7 Å². The first-order valence-electron chi connectivity index (χ1n) is 12.3. The van der Waals surface area contributed by atoms with Crippen molar-refractivity contribution in [3.63, 3.8) is 0 Å². The highest BCUT2D eigenvalue weighted by Crippen LogP contribution is 2.43. The summed E-state index contributed by atoms with van der Waals surface area (Å²) in [7, 11) is 0. The van der Waals surface area contributed by atoms with E-state index in [0.717, 1.165) is 18.2 Å². The molecule has 1 saturated carbocycles. The quantitative estimate of drug-likeness (QED) is 0.211. The molecule has 0 aliphatic heterocycles. The van der Waals surface area contributed by atoms with Crippen molar-refractivity contribution < 1.29 is 40.3 Å². The minimum absolute atomic E-state index is 0.0752. The maximum absolute atomic E-state index is 15.1. The van der Waals surface area contributed by atoms with Crippen LogP contribution in [0.5, 0.6) is 0 Å². The number of hydrogen-bond acceptors (Lipinski definition) is 2. The second-order valence-corrected chi connectivity index (χ2v) is 11.3. The van der Waals surface area contributed by atoms with Crippen LogP contribution in [0.2, 0.25) is 15.1 Å². The molecular weight excluding hydrogens is 624 g/mol. The molecule has 2 aromatic rings. The molecule has 224 valence electrons. The maximum Gasteiger partial charge on any atom is 0.417 e. The molecule has 3 rings (SSSR count). The number of rotatable bonds is 9. The predicted octanol–water partition coefficient (Wildman–Crippen LogP) is 8.75. The number of hydrogen-bond donors (Lipinski definition) is 2. The average molecular weight is 648 g/mol. The zero-order valence-electron chi connectivity index (χ0n) is 21.5. The molecule has 0 heterocycles. The fourth-order valence-corrected chi connectivity index (χ4v) is 4.58. The predicted molar refractivity (Wildman–Crippen MR) is 143 cm³/mol. The Balaban J connectivity index is 1.94. The molecule has 14 heteroatoms. The second-order valence-electron chi connectivity index (χ2n) is 10.1. The molecule has 1 unspecified atom stereocenters. The van der Waals surface area contributed by atoms with Crippen molar-refractivity contribution in [2.75, 3.05) is 6.54 Å². The Morgan fingerprint density at radius 3 is 2.07 bits per heavy atom. The van der Waals surface area contributed by atoms with Gasteiger partial charge < -0.3 is 10.6 Å². The Hall–Kier alpha value is -2.50. The summed E-state index contributed by atoms with van der Waals surface area (Å²) in [6.07, 6.45) is -9.12. The van der Waals surface area contributed by atoms with Gasteiger partial charge in [0.1, 0.15) is 17.3 Å². The molecule has 2 aromatic carbocycles. The first-order chi connectivity index (χ1) is 18.9. The van der Waals surface area contributed by atoms with E-state index in [1.807, 2.05) is 13.8 Å². The highest BCUT2D eigenvalue weighted by atomic mass is 35.5. The van der Waals surface area contributed by atoms with Gasteiger partial charge in [-0.1, -0.05) is 54.7 Å². The summed E-state index contributed by atoms with van der Waals surface area (Å²) in [4.78, 5) is 25.4. The lowest BCUT2D eigenvalue weighted by atomic mass is 9.95. The van der Waals surface area contributed by atoms with Crippen LogP contribution < -0.4 is 10.6 Å². The largest absolute Gasteiger partial charge is 0.417 e. The summed E-state index contributed by atoms with van der Waals surface area (Å²) >= 11 is 17.4. The molecule has 1 aliphatic rings. The van der Waals surface area contributed by atoms with Gasteiger partial charge in [0.15, 0.2) is 0 Å². The number of benzene rings is 2. The van der Waals surface area contributed by atoms with Crippen molar-refractivity contribution in [3.8, 4) is 0 Å². The van der Waals surface area contributed by atoms with Crippen LogP contribution in [-0.4, -0.2) is 30.1 Å². The standard InChI is InChI=1S/C27H24Cl3F7N2O2/c1-13(2)5-8-38-24(41)25(6-7-25)39-23(40)16-4-3-14(9-18(16)27(35,36)37)21(31)12-17(26(32,33)34)15-10-19(28)22(30)20(29)11-15/h3-4,9-13,17H,5-8H2,1-2H3,(H,38,41)(H,39,40). The van der Waals surface area contributed by atoms with Crippen molar-refractivity contribution in [2.24, 2.45) is 5.92 Å². The molecule has 1 aliphatic carbocycles. The fourth-order valence-electron chi connectivity index (χ4n) is 3.96. The van der Waals surface area contributed by atoms with Crippen molar-refractivity contribution >= 4 is 52.4 Å². The lowest BCUT2D eigenvalue weighted by molar-refractivity contribution is -0.140. The summed E-state index contributed by atoms with van der Waals surface area (Å²) in [5.74, 6) is -5.77. The number of allylic oxidation sites excluding steroid dienone is 1. The Morgan fingerprint density at radius 1 is 1.00 bits per heavy atom. The number of carbonyl (C=O) groups excluding carboxylic acids is 2. The van der Waals surface area contributed by atoms with Crippen LogP contribution in [-0.2, 0) is 11.0 Å². The zero-order chi connectivity index (χ0) is 30.9. The first kappa shape index (κ1) is 33.0. The Morgan fingerprint density at radius 2 is 1.59 bits per heavy atom. The van der Waals surface area contributed by atoms with Gasteiger partial charge in [-0.05, 0) is 61.1 Å². The van der Waals surface area contributed by atoms with Gasteiger partial charge in [-0.15, -0.1) is 0 Å². The number of halogens is 10. The summed E-state index contributed by atoms with van der Waals surface area (Å²) < 4.78 is 98.4. The van der Waals surface area contributed by atoms with E-state index in [4.69, 9.17) is 34.8 Å². The monoisotopic (exact) mass is 646 g/mol. The fraction of sp³-hybridized carbons (Fsp3) is 0.407. The third-order valence-electron chi connectivity index (χ3n) is 6.42. The zero-order valence-corrected chi connectivity index (χ0v) is 23.8. The molecular formula is C27H24Cl3F7N2O2. The van der Waals surface area contributed by atoms with E-state index in [1.165, 1.54) is 0 Å². The molecule has 4 nitrogen and oxygen atoms in total. The van der Waals surface area contributed by atoms with Gasteiger partial charge in [0, 0.05) is 12.1 Å². The number of amides is 2.